The number of fused-ring (bicyclic) bond motifs is 2. The van der Waals surface area contributed by atoms with Crippen molar-refractivity contribution in [3.8, 4) is 11.5 Å². The fourth-order valence-corrected chi connectivity index (χ4v) is 3.66. The molecule has 2 heterocycles. The molecular weight excluding hydrogens is 324 g/mol. The molecule has 2 aromatic carbocycles. The van der Waals surface area contributed by atoms with Crippen LogP contribution in [0.5, 0.6) is 11.5 Å². The SMILES string of the molecule is Cc1ccc(C)c2sc(NC(=O)C3COc4ccccc4O3)nc12. The number of aromatic nitrogens is 1. The highest BCUT2D eigenvalue weighted by Gasteiger charge is 2.28. The van der Waals surface area contributed by atoms with Gasteiger partial charge in [0.15, 0.2) is 16.6 Å². The number of anilines is 1. The van der Waals surface area contributed by atoms with Gasteiger partial charge in [-0.2, -0.15) is 0 Å². The van der Waals surface area contributed by atoms with Crippen LogP contribution in [-0.4, -0.2) is 23.6 Å². The van der Waals surface area contributed by atoms with Crippen LogP contribution in [0.2, 0.25) is 0 Å². The number of aryl methyl sites for hydroxylation is 2. The Balaban J connectivity index is 1.55. The number of hydrogen-bond donors (Lipinski definition) is 1. The van der Waals surface area contributed by atoms with Gasteiger partial charge in [-0.1, -0.05) is 35.6 Å². The summed E-state index contributed by atoms with van der Waals surface area (Å²) in [6, 6.07) is 11.4. The summed E-state index contributed by atoms with van der Waals surface area (Å²) in [5, 5.41) is 3.43. The van der Waals surface area contributed by atoms with Crippen LogP contribution in [0.15, 0.2) is 36.4 Å². The predicted molar refractivity (Wildman–Crippen MR) is 94.1 cm³/mol. The summed E-state index contributed by atoms with van der Waals surface area (Å²) in [4.78, 5) is 17.0. The van der Waals surface area contributed by atoms with Crippen molar-refractivity contribution in [1.29, 1.82) is 0 Å². The number of carbonyl (C=O) groups is 1. The molecule has 1 aliphatic heterocycles. The van der Waals surface area contributed by atoms with E-state index in [2.05, 4.69) is 16.4 Å². The van der Waals surface area contributed by atoms with Crippen LogP contribution < -0.4 is 14.8 Å². The van der Waals surface area contributed by atoms with E-state index in [1.807, 2.05) is 38.1 Å². The van der Waals surface area contributed by atoms with Gasteiger partial charge in [0.1, 0.15) is 6.61 Å². The topological polar surface area (TPSA) is 60.5 Å². The molecule has 0 spiro atoms. The first-order chi connectivity index (χ1) is 11.6. The zero-order chi connectivity index (χ0) is 16.7. The number of ether oxygens (including phenoxy) is 2. The van der Waals surface area contributed by atoms with E-state index in [9.17, 15) is 4.79 Å². The van der Waals surface area contributed by atoms with Crippen LogP contribution >= 0.6 is 11.3 Å². The van der Waals surface area contributed by atoms with Crippen molar-refractivity contribution in [2.45, 2.75) is 20.0 Å². The molecule has 24 heavy (non-hydrogen) atoms. The number of nitrogens with zero attached hydrogens (tertiary/aromatic N) is 1. The van der Waals surface area contributed by atoms with Crippen LogP contribution in [-0.2, 0) is 4.79 Å². The minimum atomic E-state index is -0.686. The third kappa shape index (κ3) is 2.59. The minimum Gasteiger partial charge on any atom is -0.485 e. The molecule has 0 radical (unpaired) electrons. The van der Waals surface area contributed by atoms with E-state index in [0.717, 1.165) is 21.3 Å². The number of hydrogen-bond acceptors (Lipinski definition) is 5. The Labute approximate surface area is 143 Å². The number of amides is 1. The molecule has 0 bridgehead atoms. The Morgan fingerprint density at radius 2 is 1.92 bits per heavy atom. The molecule has 1 aliphatic rings. The second kappa shape index (κ2) is 5.79. The van der Waals surface area contributed by atoms with Crippen LogP contribution in [0.1, 0.15) is 11.1 Å². The number of para-hydroxylation sites is 2. The minimum absolute atomic E-state index is 0.186. The van der Waals surface area contributed by atoms with Gasteiger partial charge >= 0.3 is 0 Å². The van der Waals surface area contributed by atoms with Gasteiger partial charge in [0.25, 0.3) is 5.91 Å². The van der Waals surface area contributed by atoms with Gasteiger partial charge in [-0.05, 0) is 37.1 Å². The largest absolute Gasteiger partial charge is 0.485 e. The van der Waals surface area contributed by atoms with Gasteiger partial charge in [0.2, 0.25) is 6.10 Å². The Bertz CT molecular complexity index is 896. The maximum atomic E-state index is 12.5. The molecule has 1 amide bonds. The van der Waals surface area contributed by atoms with Crippen molar-refractivity contribution in [3.05, 3.63) is 47.5 Å². The number of benzene rings is 2. The smallest absolute Gasteiger partial charge is 0.270 e. The maximum absolute atomic E-state index is 12.5. The molecule has 6 heteroatoms. The van der Waals surface area contributed by atoms with Crippen LogP contribution in [0.25, 0.3) is 10.2 Å². The van der Waals surface area contributed by atoms with Gasteiger partial charge in [-0.25, -0.2) is 4.98 Å². The van der Waals surface area contributed by atoms with Gasteiger partial charge in [-0.15, -0.1) is 0 Å². The van der Waals surface area contributed by atoms with Crippen LogP contribution in [0.4, 0.5) is 5.13 Å². The van der Waals surface area contributed by atoms with Crippen LogP contribution in [0, 0.1) is 13.8 Å². The molecule has 122 valence electrons. The normalized spacial score (nSPS) is 16.2. The molecule has 0 saturated carbocycles. The second-order valence-corrected chi connectivity index (χ2v) is 6.75. The summed E-state index contributed by atoms with van der Waals surface area (Å²) >= 11 is 1.48. The zero-order valence-corrected chi connectivity index (χ0v) is 14.1. The van der Waals surface area contributed by atoms with E-state index < -0.39 is 6.10 Å². The lowest BCUT2D eigenvalue weighted by molar-refractivity contribution is -0.125. The van der Waals surface area contributed by atoms with E-state index in [1.165, 1.54) is 11.3 Å². The molecule has 0 saturated heterocycles. The molecule has 0 fully saturated rings. The summed E-state index contributed by atoms with van der Waals surface area (Å²) in [5.74, 6) is 0.992. The number of nitrogens with one attached hydrogen (secondary N) is 1. The highest BCUT2D eigenvalue weighted by molar-refractivity contribution is 7.22. The molecule has 1 N–H and O–H groups in total. The standard InChI is InChI=1S/C18H16N2O3S/c1-10-7-8-11(2)16-15(10)19-18(24-16)20-17(21)14-9-22-12-5-3-4-6-13(12)23-14/h3-8,14H,9H2,1-2H3,(H,19,20,21). The zero-order valence-electron chi connectivity index (χ0n) is 13.3. The van der Waals surface area contributed by atoms with Gasteiger partial charge in [-0.3, -0.25) is 10.1 Å². The molecule has 5 nitrogen and oxygen atoms in total. The quantitative estimate of drug-likeness (QED) is 0.773. The first kappa shape index (κ1) is 15.0. The van der Waals surface area contributed by atoms with E-state index >= 15 is 0 Å². The maximum Gasteiger partial charge on any atom is 0.270 e. The summed E-state index contributed by atoms with van der Waals surface area (Å²) in [6.07, 6.45) is -0.686. The number of rotatable bonds is 2. The van der Waals surface area contributed by atoms with Gasteiger partial charge in [0, 0.05) is 0 Å². The first-order valence-electron chi connectivity index (χ1n) is 7.68. The lowest BCUT2D eigenvalue weighted by Gasteiger charge is -2.25. The third-order valence-electron chi connectivity index (χ3n) is 3.97. The van der Waals surface area contributed by atoms with Crippen LogP contribution in [0.3, 0.4) is 0 Å². The lowest BCUT2D eigenvalue weighted by Crippen LogP contribution is -2.40. The van der Waals surface area contributed by atoms with E-state index in [4.69, 9.17) is 9.47 Å². The molecule has 1 aromatic heterocycles. The first-order valence-corrected chi connectivity index (χ1v) is 8.49. The average Bonchev–Trinajstić information content (AvgIpc) is 3.03. The average molecular weight is 340 g/mol. The monoisotopic (exact) mass is 340 g/mol. The van der Waals surface area contributed by atoms with Crippen molar-refractivity contribution in [1.82, 2.24) is 4.98 Å². The summed E-state index contributed by atoms with van der Waals surface area (Å²) in [7, 11) is 0. The molecule has 0 aliphatic carbocycles. The summed E-state index contributed by atoms with van der Waals surface area (Å²) in [6.45, 7) is 4.24. The van der Waals surface area contributed by atoms with Crippen molar-refractivity contribution >= 4 is 32.6 Å². The van der Waals surface area contributed by atoms with Crippen molar-refractivity contribution in [2.24, 2.45) is 0 Å². The third-order valence-corrected chi connectivity index (χ3v) is 5.08. The van der Waals surface area contributed by atoms with Gasteiger partial charge < -0.3 is 9.47 Å². The summed E-state index contributed by atoms with van der Waals surface area (Å²) in [5.41, 5.74) is 3.18. The Morgan fingerprint density at radius 1 is 1.17 bits per heavy atom. The highest BCUT2D eigenvalue weighted by Crippen LogP contribution is 2.33. The molecule has 1 unspecified atom stereocenters. The Morgan fingerprint density at radius 3 is 2.71 bits per heavy atom. The molecule has 1 atom stereocenters. The van der Waals surface area contributed by atoms with Crippen molar-refractivity contribution in [2.75, 3.05) is 11.9 Å². The molecule has 3 aromatic rings. The molecular formula is C18H16N2O3S. The van der Waals surface area contributed by atoms with E-state index in [1.54, 1.807) is 6.07 Å². The molecule has 4 rings (SSSR count). The lowest BCUT2D eigenvalue weighted by atomic mass is 10.1. The number of thiazole rings is 1. The van der Waals surface area contributed by atoms with Gasteiger partial charge in [0.05, 0.1) is 10.2 Å². The van der Waals surface area contributed by atoms with E-state index in [-0.39, 0.29) is 12.5 Å². The Kier molecular flexibility index (Phi) is 3.61. The van der Waals surface area contributed by atoms with E-state index in [0.29, 0.717) is 16.6 Å². The highest BCUT2D eigenvalue weighted by atomic mass is 32.1. The van der Waals surface area contributed by atoms with Crippen molar-refractivity contribution in [3.63, 3.8) is 0 Å². The second-order valence-electron chi connectivity index (χ2n) is 5.75. The fraction of sp³-hybridized carbons (Fsp3) is 0.222. The number of carbonyl (C=O) groups excluding carboxylic acids is 1. The van der Waals surface area contributed by atoms with Crippen molar-refractivity contribution < 1.29 is 14.3 Å². The fourth-order valence-electron chi connectivity index (χ4n) is 2.65. The summed E-state index contributed by atoms with van der Waals surface area (Å²) < 4.78 is 12.4. The Hall–Kier alpha value is -2.60. The predicted octanol–water partition coefficient (Wildman–Crippen LogP) is 3.69.